The average Bonchev–Trinajstić information content (AvgIpc) is 2.95. The summed E-state index contributed by atoms with van der Waals surface area (Å²) in [6.45, 7) is 2.09. The summed E-state index contributed by atoms with van der Waals surface area (Å²) in [7, 11) is 3.87. The summed E-state index contributed by atoms with van der Waals surface area (Å²) in [6.07, 6.45) is 0. The molecule has 0 fully saturated rings. The van der Waals surface area contributed by atoms with Gasteiger partial charge < -0.3 is 9.47 Å². The first-order chi connectivity index (χ1) is 12.5. The van der Waals surface area contributed by atoms with Crippen LogP contribution in [0.3, 0.4) is 0 Å². The Morgan fingerprint density at radius 1 is 1.00 bits per heavy atom. The van der Waals surface area contributed by atoms with E-state index in [1.54, 1.807) is 12.1 Å². The Morgan fingerprint density at radius 2 is 1.69 bits per heavy atom. The van der Waals surface area contributed by atoms with Crippen LogP contribution in [0.25, 0.3) is 10.9 Å². The summed E-state index contributed by atoms with van der Waals surface area (Å²) in [5.74, 6) is -0.634. The van der Waals surface area contributed by atoms with E-state index in [4.69, 9.17) is 0 Å². The fourth-order valence-electron chi connectivity index (χ4n) is 2.85. The van der Waals surface area contributed by atoms with Crippen LogP contribution in [0.4, 0.5) is 5.69 Å². The number of anilines is 1. The van der Waals surface area contributed by atoms with Gasteiger partial charge in [0.05, 0.1) is 0 Å². The zero-order chi connectivity index (χ0) is 18.7. The molecule has 0 bridgehead atoms. The minimum absolute atomic E-state index is 0.138. The molecular formula is C20H22N4O2. The lowest BCUT2D eigenvalue weighted by Crippen LogP contribution is -2.43. The number of fused-ring (bicyclic) bond motifs is 1. The van der Waals surface area contributed by atoms with E-state index >= 15 is 0 Å². The molecule has 0 atom stereocenters. The Kier molecular flexibility index (Phi) is 4.93. The number of para-hydroxylation sites is 1. The third kappa shape index (κ3) is 3.69. The van der Waals surface area contributed by atoms with Crippen molar-refractivity contribution in [1.82, 2.24) is 15.4 Å². The number of carbonyl (C=O) groups is 2. The molecule has 3 rings (SSSR count). The maximum Gasteiger partial charge on any atom is 0.269 e. The minimum atomic E-state index is -0.349. The second-order valence-electron chi connectivity index (χ2n) is 6.37. The van der Waals surface area contributed by atoms with Crippen LogP contribution in [0.2, 0.25) is 0 Å². The maximum atomic E-state index is 12.2. The minimum Gasteiger partial charge on any atom is -0.378 e. The zero-order valence-electron chi connectivity index (χ0n) is 15.1. The third-order valence-electron chi connectivity index (χ3n) is 4.28. The van der Waals surface area contributed by atoms with Crippen molar-refractivity contribution in [1.29, 1.82) is 0 Å². The molecule has 0 saturated heterocycles. The molecule has 2 N–H and O–H groups in total. The molecule has 1 heterocycles. The number of nitrogens with one attached hydrogen (secondary N) is 2. The molecule has 6 nitrogen and oxygen atoms in total. The van der Waals surface area contributed by atoms with Crippen molar-refractivity contribution in [2.45, 2.75) is 13.5 Å². The van der Waals surface area contributed by atoms with E-state index in [1.807, 2.05) is 73.0 Å². The first-order valence-corrected chi connectivity index (χ1v) is 8.37. The standard InChI is InChI=1S/C20H22N4O2/c1-14-12-16-6-4-5-7-18(16)24(14)13-19(25)21-22-20(26)15-8-10-17(11-9-15)23(2)3/h4-12H,13H2,1-3H3,(H,21,25)(H,22,26). The molecule has 0 aliphatic carbocycles. The normalized spacial score (nSPS) is 10.6. The topological polar surface area (TPSA) is 66.4 Å². The van der Waals surface area contributed by atoms with Gasteiger partial charge in [0.25, 0.3) is 11.8 Å². The lowest BCUT2D eigenvalue weighted by molar-refractivity contribution is -0.122. The number of aryl methyl sites for hydroxylation is 1. The second kappa shape index (κ2) is 7.31. The van der Waals surface area contributed by atoms with E-state index in [1.165, 1.54) is 0 Å². The van der Waals surface area contributed by atoms with Gasteiger partial charge in [-0.05, 0) is 48.7 Å². The molecule has 0 spiro atoms. The van der Waals surface area contributed by atoms with Gasteiger partial charge in [0.15, 0.2) is 0 Å². The number of hydrogen-bond acceptors (Lipinski definition) is 3. The predicted octanol–water partition coefficient (Wildman–Crippen LogP) is 2.48. The SMILES string of the molecule is Cc1cc2ccccc2n1CC(=O)NNC(=O)c1ccc(N(C)C)cc1. The summed E-state index contributed by atoms with van der Waals surface area (Å²) >= 11 is 0. The lowest BCUT2D eigenvalue weighted by Gasteiger charge is -2.13. The monoisotopic (exact) mass is 350 g/mol. The smallest absolute Gasteiger partial charge is 0.269 e. The molecule has 0 radical (unpaired) electrons. The molecule has 1 aromatic heterocycles. The fourth-order valence-corrected chi connectivity index (χ4v) is 2.85. The van der Waals surface area contributed by atoms with Gasteiger partial charge in [-0.2, -0.15) is 0 Å². The molecule has 26 heavy (non-hydrogen) atoms. The van der Waals surface area contributed by atoms with Crippen molar-refractivity contribution in [3.05, 3.63) is 65.9 Å². The van der Waals surface area contributed by atoms with Crippen LogP contribution in [0.5, 0.6) is 0 Å². The van der Waals surface area contributed by atoms with Gasteiger partial charge in [-0.1, -0.05) is 18.2 Å². The molecule has 0 aliphatic rings. The highest BCUT2D eigenvalue weighted by Gasteiger charge is 2.11. The van der Waals surface area contributed by atoms with Crippen molar-refractivity contribution in [2.75, 3.05) is 19.0 Å². The summed E-state index contributed by atoms with van der Waals surface area (Å²) in [4.78, 5) is 26.3. The van der Waals surface area contributed by atoms with Gasteiger partial charge in [0, 0.05) is 36.6 Å². The molecule has 3 aromatic rings. The van der Waals surface area contributed by atoms with Crippen LogP contribution < -0.4 is 15.8 Å². The van der Waals surface area contributed by atoms with Crippen LogP contribution in [0, 0.1) is 6.92 Å². The Bertz CT molecular complexity index is 942. The van der Waals surface area contributed by atoms with Gasteiger partial charge in [-0.3, -0.25) is 20.4 Å². The van der Waals surface area contributed by atoms with E-state index in [9.17, 15) is 9.59 Å². The number of aromatic nitrogens is 1. The Morgan fingerprint density at radius 3 is 2.38 bits per heavy atom. The Labute approximate surface area is 152 Å². The number of benzene rings is 2. The summed E-state index contributed by atoms with van der Waals surface area (Å²) < 4.78 is 1.92. The third-order valence-corrected chi connectivity index (χ3v) is 4.28. The van der Waals surface area contributed by atoms with Crippen molar-refractivity contribution in [3.63, 3.8) is 0 Å². The first-order valence-electron chi connectivity index (χ1n) is 8.37. The Hall–Kier alpha value is -3.28. The number of hydrazine groups is 1. The van der Waals surface area contributed by atoms with Gasteiger partial charge in [0.2, 0.25) is 0 Å². The van der Waals surface area contributed by atoms with Crippen LogP contribution >= 0.6 is 0 Å². The van der Waals surface area contributed by atoms with E-state index in [0.29, 0.717) is 5.56 Å². The quantitative estimate of drug-likeness (QED) is 0.711. The highest BCUT2D eigenvalue weighted by atomic mass is 16.2. The van der Waals surface area contributed by atoms with Gasteiger partial charge >= 0.3 is 0 Å². The average molecular weight is 350 g/mol. The number of amides is 2. The summed E-state index contributed by atoms with van der Waals surface area (Å²) in [5, 5.41) is 1.09. The largest absolute Gasteiger partial charge is 0.378 e. The number of nitrogens with zero attached hydrogens (tertiary/aromatic N) is 2. The molecular weight excluding hydrogens is 328 g/mol. The van der Waals surface area contributed by atoms with Crippen LogP contribution in [-0.4, -0.2) is 30.5 Å². The van der Waals surface area contributed by atoms with Gasteiger partial charge in [-0.15, -0.1) is 0 Å². The number of hydrogen-bond donors (Lipinski definition) is 2. The number of carbonyl (C=O) groups excluding carboxylic acids is 2. The molecule has 2 amide bonds. The molecule has 2 aromatic carbocycles. The first kappa shape index (κ1) is 17.5. The van der Waals surface area contributed by atoms with Crippen molar-refractivity contribution in [3.8, 4) is 0 Å². The Balaban J connectivity index is 1.61. The molecule has 0 saturated carbocycles. The van der Waals surface area contributed by atoms with Crippen molar-refractivity contribution < 1.29 is 9.59 Å². The van der Waals surface area contributed by atoms with E-state index < -0.39 is 0 Å². The molecule has 0 unspecified atom stereocenters. The molecule has 6 heteroatoms. The van der Waals surface area contributed by atoms with Crippen LogP contribution in [-0.2, 0) is 11.3 Å². The summed E-state index contributed by atoms with van der Waals surface area (Å²) in [5.41, 5.74) is 8.41. The fraction of sp³-hybridized carbons (Fsp3) is 0.200. The van der Waals surface area contributed by atoms with Crippen molar-refractivity contribution >= 4 is 28.4 Å². The van der Waals surface area contributed by atoms with Crippen LogP contribution in [0.1, 0.15) is 16.1 Å². The zero-order valence-corrected chi connectivity index (χ0v) is 15.1. The van der Waals surface area contributed by atoms with E-state index in [-0.39, 0.29) is 18.4 Å². The van der Waals surface area contributed by atoms with Gasteiger partial charge in [-0.25, -0.2) is 0 Å². The highest BCUT2D eigenvalue weighted by Crippen LogP contribution is 2.18. The van der Waals surface area contributed by atoms with Crippen LogP contribution in [0.15, 0.2) is 54.6 Å². The van der Waals surface area contributed by atoms with E-state index in [0.717, 1.165) is 22.3 Å². The molecule has 0 aliphatic heterocycles. The van der Waals surface area contributed by atoms with E-state index in [2.05, 4.69) is 10.9 Å². The lowest BCUT2D eigenvalue weighted by atomic mass is 10.2. The maximum absolute atomic E-state index is 12.2. The van der Waals surface area contributed by atoms with Gasteiger partial charge in [0.1, 0.15) is 6.54 Å². The van der Waals surface area contributed by atoms with Crippen molar-refractivity contribution in [2.24, 2.45) is 0 Å². The molecule has 134 valence electrons. The highest BCUT2D eigenvalue weighted by molar-refractivity contribution is 5.95. The summed E-state index contributed by atoms with van der Waals surface area (Å²) in [6, 6.07) is 17.1. The second-order valence-corrected chi connectivity index (χ2v) is 6.37. The predicted molar refractivity (Wildman–Crippen MR) is 103 cm³/mol. The number of rotatable bonds is 4.